The smallest absolute Gasteiger partial charge is 0.270 e. The number of fused-ring (bicyclic) bond motifs is 1. The van der Waals surface area contributed by atoms with E-state index in [0.717, 1.165) is 22.9 Å². The Balaban J connectivity index is 1.71. The monoisotopic (exact) mass is 492 g/mol. The van der Waals surface area contributed by atoms with Crippen LogP contribution in [0.1, 0.15) is 5.56 Å². The number of aromatic hydroxyl groups is 1. The number of rotatable bonds is 8. The summed E-state index contributed by atoms with van der Waals surface area (Å²) >= 11 is 0. The molecule has 0 fully saturated rings. The molecule has 0 spiro atoms. The lowest BCUT2D eigenvalue weighted by Crippen LogP contribution is -2.15. The van der Waals surface area contributed by atoms with E-state index in [9.17, 15) is 23.6 Å². The minimum atomic E-state index is -4.29. The molecule has 0 radical (unpaired) electrons. The lowest BCUT2D eigenvalue weighted by Gasteiger charge is -2.14. The Bertz CT molecular complexity index is 1550. The fourth-order valence-electron chi connectivity index (χ4n) is 3.45. The van der Waals surface area contributed by atoms with Crippen LogP contribution in [0, 0.1) is 10.1 Å². The molecule has 0 unspecified atom stereocenters. The Hall–Kier alpha value is -4.64. The highest BCUT2D eigenvalue weighted by atomic mass is 32.2. The van der Waals surface area contributed by atoms with E-state index in [1.807, 2.05) is 24.3 Å². The van der Waals surface area contributed by atoms with E-state index >= 15 is 0 Å². The third-order valence-electron chi connectivity index (χ3n) is 5.14. The fourth-order valence-corrected chi connectivity index (χ4v) is 4.70. The third kappa shape index (κ3) is 4.99. The maximum absolute atomic E-state index is 13.2. The van der Waals surface area contributed by atoms with E-state index in [4.69, 9.17) is 4.74 Å². The first kappa shape index (κ1) is 23.5. The zero-order valence-electron chi connectivity index (χ0n) is 18.4. The molecule has 0 amide bonds. The summed E-state index contributed by atoms with van der Waals surface area (Å²) in [6.45, 7) is 0. The number of hydrogen-bond acceptors (Lipinski definition) is 8. The van der Waals surface area contributed by atoms with Gasteiger partial charge in [-0.3, -0.25) is 20.3 Å². The molecule has 4 aromatic carbocycles. The fraction of sp³-hybridized carbons (Fsp3) is 0.0417. The molecule has 35 heavy (non-hydrogen) atoms. The molecular weight excluding hydrogens is 472 g/mol. The average molecular weight is 493 g/mol. The van der Waals surface area contributed by atoms with Gasteiger partial charge in [-0.25, -0.2) is 8.42 Å². The predicted molar refractivity (Wildman–Crippen MR) is 134 cm³/mol. The van der Waals surface area contributed by atoms with Gasteiger partial charge in [0.15, 0.2) is 0 Å². The van der Waals surface area contributed by atoms with Gasteiger partial charge in [0.05, 0.1) is 29.6 Å². The van der Waals surface area contributed by atoms with Crippen molar-refractivity contribution >= 4 is 44.1 Å². The number of hydrazone groups is 1. The number of anilines is 2. The number of phenolic OH excluding ortho intramolecular Hbond substituents is 1. The number of sulfonamides is 1. The van der Waals surface area contributed by atoms with E-state index in [0.29, 0.717) is 5.56 Å². The highest BCUT2D eigenvalue weighted by Crippen LogP contribution is 2.31. The molecule has 0 saturated heterocycles. The topological polar surface area (TPSA) is 143 Å². The Morgan fingerprint density at radius 2 is 1.74 bits per heavy atom. The SMILES string of the molecule is COc1ccccc1NS(=O)(=O)c1cc([N+](=O)[O-])ccc1N/N=C/c1c(O)ccc2ccccc12. The molecule has 0 bridgehead atoms. The van der Waals surface area contributed by atoms with Crippen molar-refractivity contribution in [3.8, 4) is 11.5 Å². The van der Waals surface area contributed by atoms with Crippen molar-refractivity contribution < 1.29 is 23.2 Å². The van der Waals surface area contributed by atoms with Crippen molar-refractivity contribution in [2.45, 2.75) is 4.90 Å². The molecule has 11 heteroatoms. The molecule has 0 aromatic heterocycles. The molecule has 0 atom stereocenters. The second-order valence-corrected chi connectivity index (χ2v) is 8.98. The van der Waals surface area contributed by atoms with Crippen molar-refractivity contribution in [2.24, 2.45) is 5.10 Å². The minimum Gasteiger partial charge on any atom is -0.507 e. The van der Waals surface area contributed by atoms with Gasteiger partial charge < -0.3 is 9.84 Å². The summed E-state index contributed by atoms with van der Waals surface area (Å²) in [5.74, 6) is 0.268. The Morgan fingerprint density at radius 1 is 1.00 bits per heavy atom. The number of nitro benzene ring substituents is 1. The van der Waals surface area contributed by atoms with Crippen molar-refractivity contribution in [3.05, 3.63) is 94.5 Å². The van der Waals surface area contributed by atoms with Crippen LogP contribution in [0.2, 0.25) is 0 Å². The molecule has 0 aliphatic carbocycles. The number of non-ortho nitro benzene ring substituents is 1. The van der Waals surface area contributed by atoms with Gasteiger partial charge in [-0.1, -0.05) is 42.5 Å². The van der Waals surface area contributed by atoms with E-state index in [2.05, 4.69) is 15.2 Å². The lowest BCUT2D eigenvalue weighted by atomic mass is 10.0. The first-order valence-corrected chi connectivity index (χ1v) is 11.7. The number of hydrogen-bond donors (Lipinski definition) is 3. The zero-order chi connectivity index (χ0) is 25.0. The van der Waals surface area contributed by atoms with E-state index < -0.39 is 25.5 Å². The number of ether oxygens (including phenoxy) is 1. The van der Waals surface area contributed by atoms with Crippen LogP contribution in [0.3, 0.4) is 0 Å². The van der Waals surface area contributed by atoms with Crippen LogP contribution in [0.5, 0.6) is 11.5 Å². The van der Waals surface area contributed by atoms with Crippen molar-refractivity contribution in [1.82, 2.24) is 0 Å². The molecule has 0 saturated carbocycles. The number of benzene rings is 4. The second-order valence-electron chi connectivity index (χ2n) is 7.33. The van der Waals surface area contributed by atoms with Gasteiger partial charge in [-0.15, -0.1) is 0 Å². The van der Waals surface area contributed by atoms with Crippen LogP contribution in [0.4, 0.5) is 17.1 Å². The Morgan fingerprint density at radius 3 is 2.51 bits per heavy atom. The van der Waals surface area contributed by atoms with Gasteiger partial charge in [0.2, 0.25) is 0 Å². The molecule has 0 aliphatic heterocycles. The summed E-state index contributed by atoms with van der Waals surface area (Å²) in [5.41, 5.74) is 2.80. The standard InChI is InChI=1S/C24H20N4O6S/c1-34-23-9-5-4-8-20(23)27-35(32,33)24-14-17(28(30)31)11-12-21(24)26-25-15-19-18-7-3-2-6-16(18)10-13-22(19)29/h2-15,26-27,29H,1H3/b25-15+. The quantitative estimate of drug-likeness (QED) is 0.184. The molecule has 3 N–H and O–H groups in total. The Kier molecular flexibility index (Phi) is 6.51. The van der Waals surface area contributed by atoms with Crippen LogP contribution >= 0.6 is 0 Å². The van der Waals surface area contributed by atoms with Crippen LogP contribution < -0.4 is 14.9 Å². The first-order valence-electron chi connectivity index (χ1n) is 10.2. The molecule has 178 valence electrons. The molecule has 0 heterocycles. The maximum Gasteiger partial charge on any atom is 0.270 e. The Labute approximate surface area is 200 Å². The van der Waals surface area contributed by atoms with Crippen LogP contribution in [-0.4, -0.2) is 31.8 Å². The first-order chi connectivity index (χ1) is 16.8. The number of nitrogens with one attached hydrogen (secondary N) is 2. The average Bonchev–Trinajstić information content (AvgIpc) is 2.85. The van der Waals surface area contributed by atoms with Crippen LogP contribution in [0.15, 0.2) is 88.9 Å². The van der Waals surface area contributed by atoms with E-state index in [1.54, 1.807) is 24.3 Å². The van der Waals surface area contributed by atoms with E-state index in [-0.39, 0.29) is 22.9 Å². The molecular formula is C24H20N4O6S. The van der Waals surface area contributed by atoms with Gasteiger partial charge in [0, 0.05) is 17.7 Å². The summed E-state index contributed by atoms with van der Waals surface area (Å²) in [6.07, 6.45) is 1.35. The van der Waals surface area contributed by atoms with Crippen LogP contribution in [0.25, 0.3) is 10.8 Å². The van der Waals surface area contributed by atoms with Gasteiger partial charge in [-0.2, -0.15) is 5.10 Å². The number of nitrogens with zero attached hydrogens (tertiary/aromatic N) is 2. The predicted octanol–water partition coefficient (Wildman–Crippen LogP) is 4.71. The maximum atomic E-state index is 13.2. The van der Waals surface area contributed by atoms with Gasteiger partial charge in [-0.05, 0) is 35.0 Å². The minimum absolute atomic E-state index is 0.00558. The number of para-hydroxylation sites is 2. The lowest BCUT2D eigenvalue weighted by molar-refractivity contribution is -0.385. The summed E-state index contributed by atoms with van der Waals surface area (Å²) in [5, 5.41) is 27.3. The zero-order valence-corrected chi connectivity index (χ0v) is 19.2. The highest BCUT2D eigenvalue weighted by molar-refractivity contribution is 7.93. The van der Waals surface area contributed by atoms with Crippen molar-refractivity contribution in [2.75, 3.05) is 17.3 Å². The largest absolute Gasteiger partial charge is 0.507 e. The molecule has 10 nitrogen and oxygen atoms in total. The summed E-state index contributed by atoms with van der Waals surface area (Å²) in [7, 11) is -2.90. The van der Waals surface area contributed by atoms with Gasteiger partial charge in [0.25, 0.3) is 15.7 Å². The summed E-state index contributed by atoms with van der Waals surface area (Å²) in [6, 6.07) is 20.4. The number of methoxy groups -OCH3 is 1. The third-order valence-corrected chi connectivity index (χ3v) is 6.55. The number of phenols is 1. The van der Waals surface area contributed by atoms with E-state index in [1.165, 1.54) is 31.5 Å². The summed E-state index contributed by atoms with van der Waals surface area (Å²) < 4.78 is 34.0. The summed E-state index contributed by atoms with van der Waals surface area (Å²) in [4.78, 5) is 10.2. The number of nitro groups is 1. The van der Waals surface area contributed by atoms with Crippen LogP contribution in [-0.2, 0) is 10.0 Å². The molecule has 4 aromatic rings. The van der Waals surface area contributed by atoms with Gasteiger partial charge in [0.1, 0.15) is 16.4 Å². The second kappa shape index (κ2) is 9.69. The highest BCUT2D eigenvalue weighted by Gasteiger charge is 2.23. The van der Waals surface area contributed by atoms with Gasteiger partial charge >= 0.3 is 0 Å². The normalized spacial score (nSPS) is 11.5. The molecule has 0 aliphatic rings. The van der Waals surface area contributed by atoms with Crippen molar-refractivity contribution in [3.63, 3.8) is 0 Å². The van der Waals surface area contributed by atoms with Crippen molar-refractivity contribution in [1.29, 1.82) is 0 Å². The molecule has 4 rings (SSSR count).